The second-order valence-electron chi connectivity index (χ2n) is 7.05. The molecule has 0 radical (unpaired) electrons. The molecule has 154 valence electrons. The van der Waals surface area contributed by atoms with Crippen molar-refractivity contribution < 1.29 is 28.7 Å². The van der Waals surface area contributed by atoms with Gasteiger partial charge < -0.3 is 14.5 Å². The summed E-state index contributed by atoms with van der Waals surface area (Å²) in [6.45, 7) is 4.64. The molecule has 2 aliphatic rings. The van der Waals surface area contributed by atoms with Gasteiger partial charge in [0, 0.05) is 45.9 Å². The van der Waals surface area contributed by atoms with Gasteiger partial charge in [-0.3, -0.25) is 24.1 Å². The summed E-state index contributed by atoms with van der Waals surface area (Å²) in [5.41, 5.74) is 0.460. The van der Waals surface area contributed by atoms with E-state index in [2.05, 4.69) is 0 Å². The molecule has 3 rings (SSSR count). The zero-order valence-electron chi connectivity index (χ0n) is 16.4. The van der Waals surface area contributed by atoms with Crippen LogP contribution in [0.2, 0.25) is 0 Å². The van der Waals surface area contributed by atoms with Gasteiger partial charge in [-0.2, -0.15) is 0 Å². The van der Waals surface area contributed by atoms with Gasteiger partial charge in [0.25, 0.3) is 5.91 Å². The number of carbonyl (C=O) groups is 5. The quantitative estimate of drug-likeness (QED) is 0.540. The highest BCUT2D eigenvalue weighted by Gasteiger charge is 2.31. The van der Waals surface area contributed by atoms with Crippen molar-refractivity contribution in [3.63, 3.8) is 0 Å². The van der Waals surface area contributed by atoms with Gasteiger partial charge in [0.05, 0.1) is 11.3 Å². The Kier molecular flexibility index (Phi) is 5.95. The topological polar surface area (TPSA) is 104 Å². The predicted octanol–water partition coefficient (Wildman–Crippen LogP) is 0.576. The Bertz CT molecular complexity index is 844. The van der Waals surface area contributed by atoms with Gasteiger partial charge in [0.1, 0.15) is 0 Å². The summed E-state index contributed by atoms with van der Waals surface area (Å²) in [6.07, 6.45) is -0.698. The molecule has 4 amide bonds. The summed E-state index contributed by atoms with van der Waals surface area (Å²) < 4.78 is 5.30. The largest absolute Gasteiger partial charge is 0.449 e. The van der Waals surface area contributed by atoms with Crippen molar-refractivity contribution in [2.24, 2.45) is 0 Å². The van der Waals surface area contributed by atoms with Gasteiger partial charge in [0.15, 0.2) is 6.10 Å². The molecule has 2 aliphatic heterocycles. The average Bonchev–Trinajstić information content (AvgIpc) is 3.05. The third kappa shape index (κ3) is 4.44. The summed E-state index contributed by atoms with van der Waals surface area (Å²) in [5.74, 6) is -1.70. The molecule has 0 spiro atoms. The Hall–Kier alpha value is -3.23. The van der Waals surface area contributed by atoms with E-state index in [0.717, 1.165) is 4.90 Å². The summed E-state index contributed by atoms with van der Waals surface area (Å²) in [7, 11) is 0. The third-order valence-corrected chi connectivity index (χ3v) is 5.06. The van der Waals surface area contributed by atoms with Crippen molar-refractivity contribution in [1.82, 2.24) is 9.80 Å². The van der Waals surface area contributed by atoms with Crippen molar-refractivity contribution in [3.8, 4) is 0 Å². The maximum absolute atomic E-state index is 12.6. The van der Waals surface area contributed by atoms with Crippen LogP contribution in [0.4, 0.5) is 5.69 Å². The molecule has 1 atom stereocenters. The number of rotatable bonds is 4. The number of carbonyl (C=O) groups excluding carboxylic acids is 5. The summed E-state index contributed by atoms with van der Waals surface area (Å²) in [4.78, 5) is 64.5. The molecule has 0 N–H and O–H groups in total. The minimum atomic E-state index is -0.995. The highest BCUT2D eigenvalue weighted by Crippen LogP contribution is 2.24. The number of benzene rings is 1. The van der Waals surface area contributed by atoms with Crippen molar-refractivity contribution >= 4 is 35.3 Å². The lowest BCUT2D eigenvalue weighted by atomic mass is 10.2. The molecule has 1 aromatic carbocycles. The van der Waals surface area contributed by atoms with Crippen LogP contribution in [-0.2, 0) is 23.9 Å². The van der Waals surface area contributed by atoms with Gasteiger partial charge in [-0.15, -0.1) is 0 Å². The summed E-state index contributed by atoms with van der Waals surface area (Å²) in [5, 5.41) is 0. The number of esters is 1. The number of imide groups is 1. The van der Waals surface area contributed by atoms with Gasteiger partial charge in [0.2, 0.25) is 17.7 Å². The Morgan fingerprint density at radius 2 is 1.55 bits per heavy atom. The molecule has 29 heavy (non-hydrogen) atoms. The highest BCUT2D eigenvalue weighted by atomic mass is 16.5. The smallest absolute Gasteiger partial charge is 0.338 e. The van der Waals surface area contributed by atoms with Crippen LogP contribution in [0.15, 0.2) is 24.3 Å². The van der Waals surface area contributed by atoms with E-state index < -0.39 is 12.1 Å². The van der Waals surface area contributed by atoms with Crippen molar-refractivity contribution in [2.75, 3.05) is 31.1 Å². The summed E-state index contributed by atoms with van der Waals surface area (Å²) in [6, 6.07) is 6.03. The first-order valence-corrected chi connectivity index (χ1v) is 9.49. The molecular formula is C20H23N3O6. The molecule has 2 heterocycles. The van der Waals surface area contributed by atoms with E-state index in [0.29, 0.717) is 31.9 Å². The maximum atomic E-state index is 12.6. The lowest BCUT2D eigenvalue weighted by Gasteiger charge is -2.35. The molecule has 0 saturated carbocycles. The average molecular weight is 401 g/mol. The second-order valence-corrected chi connectivity index (χ2v) is 7.05. The number of anilines is 1. The van der Waals surface area contributed by atoms with Crippen LogP contribution < -0.4 is 4.90 Å². The van der Waals surface area contributed by atoms with Gasteiger partial charge in [-0.05, 0) is 25.1 Å². The zero-order valence-corrected chi connectivity index (χ0v) is 16.4. The number of piperazine rings is 1. The molecule has 9 nitrogen and oxygen atoms in total. The number of hydrogen-bond donors (Lipinski definition) is 0. The lowest BCUT2D eigenvalue weighted by molar-refractivity contribution is -0.144. The Labute approximate surface area is 168 Å². The fourth-order valence-corrected chi connectivity index (χ4v) is 3.41. The van der Waals surface area contributed by atoms with E-state index in [4.69, 9.17) is 4.74 Å². The molecule has 0 aliphatic carbocycles. The molecule has 2 saturated heterocycles. The molecule has 1 unspecified atom stereocenters. The Morgan fingerprint density at radius 1 is 0.966 bits per heavy atom. The number of amides is 4. The maximum Gasteiger partial charge on any atom is 0.338 e. The summed E-state index contributed by atoms with van der Waals surface area (Å²) >= 11 is 0. The minimum Gasteiger partial charge on any atom is -0.449 e. The van der Waals surface area contributed by atoms with Crippen molar-refractivity contribution in [3.05, 3.63) is 29.8 Å². The van der Waals surface area contributed by atoms with E-state index in [1.807, 2.05) is 0 Å². The van der Waals surface area contributed by atoms with Crippen molar-refractivity contribution in [2.45, 2.75) is 32.8 Å². The fraction of sp³-hybridized carbons (Fsp3) is 0.450. The van der Waals surface area contributed by atoms with Crippen LogP contribution in [-0.4, -0.2) is 71.7 Å². The Morgan fingerprint density at radius 3 is 2.14 bits per heavy atom. The van der Waals surface area contributed by atoms with Crippen LogP contribution in [0.1, 0.15) is 37.0 Å². The van der Waals surface area contributed by atoms with E-state index >= 15 is 0 Å². The fourth-order valence-electron chi connectivity index (χ4n) is 3.41. The zero-order chi connectivity index (χ0) is 21.1. The van der Waals surface area contributed by atoms with Gasteiger partial charge in [-0.25, -0.2) is 4.79 Å². The first kappa shape index (κ1) is 20.5. The van der Waals surface area contributed by atoms with E-state index in [9.17, 15) is 24.0 Å². The number of ether oxygens (including phenoxy) is 1. The van der Waals surface area contributed by atoms with Crippen LogP contribution >= 0.6 is 0 Å². The van der Waals surface area contributed by atoms with Crippen LogP contribution in [0.3, 0.4) is 0 Å². The standard InChI is InChI=1S/C20H23N3O6/c1-13(19(27)22-10-8-21(9-11-22)14(2)24)29-20(28)15-4-3-5-16(12-15)23-17(25)6-7-18(23)26/h3-5,12-13H,6-11H2,1-2H3. The second kappa shape index (κ2) is 8.42. The normalized spacial score (nSPS) is 18.1. The first-order chi connectivity index (χ1) is 13.8. The number of nitrogens with zero attached hydrogens (tertiary/aromatic N) is 3. The molecule has 0 aromatic heterocycles. The molecule has 1 aromatic rings. The third-order valence-electron chi connectivity index (χ3n) is 5.06. The molecule has 2 fully saturated rings. The van der Waals surface area contributed by atoms with Crippen LogP contribution in [0.25, 0.3) is 0 Å². The SMILES string of the molecule is CC(=O)N1CCN(C(=O)C(C)OC(=O)c2cccc(N3C(=O)CCC3=O)c2)CC1. The molecule has 0 bridgehead atoms. The molecular weight excluding hydrogens is 378 g/mol. The van der Waals surface area contributed by atoms with Crippen molar-refractivity contribution in [1.29, 1.82) is 0 Å². The van der Waals surface area contributed by atoms with E-state index in [-0.39, 0.29) is 42.0 Å². The monoisotopic (exact) mass is 401 g/mol. The highest BCUT2D eigenvalue weighted by molar-refractivity contribution is 6.20. The lowest BCUT2D eigenvalue weighted by Crippen LogP contribution is -2.52. The van der Waals surface area contributed by atoms with Gasteiger partial charge in [-0.1, -0.05) is 6.07 Å². The van der Waals surface area contributed by atoms with E-state index in [1.165, 1.54) is 26.0 Å². The Balaban J connectivity index is 1.62. The van der Waals surface area contributed by atoms with Crippen LogP contribution in [0, 0.1) is 0 Å². The van der Waals surface area contributed by atoms with Crippen LogP contribution in [0.5, 0.6) is 0 Å². The minimum absolute atomic E-state index is 0.0357. The van der Waals surface area contributed by atoms with E-state index in [1.54, 1.807) is 21.9 Å². The first-order valence-electron chi connectivity index (χ1n) is 9.49. The number of hydrogen-bond acceptors (Lipinski definition) is 6. The van der Waals surface area contributed by atoms with Gasteiger partial charge >= 0.3 is 5.97 Å². The predicted molar refractivity (Wildman–Crippen MR) is 102 cm³/mol. The molecule has 9 heteroatoms.